The van der Waals surface area contributed by atoms with Crippen molar-refractivity contribution in [1.29, 1.82) is 0 Å². The molecule has 1 aliphatic heterocycles. The molecular weight excluding hydrogens is 240 g/mol. The van der Waals surface area contributed by atoms with Gasteiger partial charge < -0.3 is 14.4 Å². The van der Waals surface area contributed by atoms with Gasteiger partial charge in [-0.3, -0.25) is 0 Å². The van der Waals surface area contributed by atoms with E-state index in [0.29, 0.717) is 6.42 Å². The third-order valence-corrected chi connectivity index (χ3v) is 3.65. The SMILES string of the molecule is CCn1cncc1C1C[C@H](O)c2cc(C)ccc2O1. The van der Waals surface area contributed by atoms with Crippen LogP contribution < -0.4 is 4.74 Å². The minimum atomic E-state index is -0.478. The van der Waals surface area contributed by atoms with Crippen molar-refractivity contribution < 1.29 is 9.84 Å². The Balaban J connectivity index is 1.95. The maximum absolute atomic E-state index is 10.3. The first-order chi connectivity index (χ1) is 9.19. The predicted octanol–water partition coefficient (Wildman–Crippen LogP) is 2.77. The van der Waals surface area contributed by atoms with E-state index in [1.807, 2.05) is 31.3 Å². The highest BCUT2D eigenvalue weighted by Gasteiger charge is 2.29. The molecule has 100 valence electrons. The number of aromatic nitrogens is 2. The van der Waals surface area contributed by atoms with Gasteiger partial charge in [0, 0.05) is 18.5 Å². The van der Waals surface area contributed by atoms with Crippen LogP contribution in [0.1, 0.15) is 42.4 Å². The molecule has 0 saturated carbocycles. The van der Waals surface area contributed by atoms with Gasteiger partial charge in [-0.05, 0) is 26.0 Å². The molecular formula is C15H18N2O2. The first kappa shape index (κ1) is 12.2. The minimum Gasteiger partial charge on any atom is -0.484 e. The molecule has 2 atom stereocenters. The molecule has 0 bridgehead atoms. The largest absolute Gasteiger partial charge is 0.484 e. The standard InChI is InChI=1S/C15H18N2O2/c1-3-17-9-16-8-12(17)15-7-13(18)11-6-10(2)4-5-14(11)19-15/h4-6,8-9,13,15,18H,3,7H2,1-2H3/t13-,15?/m0/s1. The number of benzene rings is 1. The number of hydrogen-bond acceptors (Lipinski definition) is 3. The maximum Gasteiger partial charge on any atom is 0.143 e. The molecule has 4 nitrogen and oxygen atoms in total. The zero-order valence-corrected chi connectivity index (χ0v) is 11.2. The van der Waals surface area contributed by atoms with E-state index < -0.39 is 6.10 Å². The van der Waals surface area contributed by atoms with Gasteiger partial charge in [-0.15, -0.1) is 0 Å². The molecule has 19 heavy (non-hydrogen) atoms. The summed E-state index contributed by atoms with van der Waals surface area (Å²) in [5.74, 6) is 0.776. The van der Waals surface area contributed by atoms with Crippen molar-refractivity contribution >= 4 is 0 Å². The Morgan fingerprint density at radius 3 is 3.11 bits per heavy atom. The van der Waals surface area contributed by atoms with Gasteiger partial charge in [0.05, 0.1) is 24.3 Å². The van der Waals surface area contributed by atoms with E-state index in [1.54, 1.807) is 6.33 Å². The van der Waals surface area contributed by atoms with E-state index in [9.17, 15) is 5.11 Å². The third kappa shape index (κ3) is 2.12. The van der Waals surface area contributed by atoms with E-state index in [1.165, 1.54) is 0 Å². The Bertz CT molecular complexity index is 592. The molecule has 0 radical (unpaired) electrons. The Morgan fingerprint density at radius 1 is 1.47 bits per heavy atom. The molecule has 1 aliphatic rings. The summed E-state index contributed by atoms with van der Waals surface area (Å²) >= 11 is 0. The summed E-state index contributed by atoms with van der Waals surface area (Å²) in [6, 6.07) is 5.94. The number of aryl methyl sites for hydroxylation is 2. The lowest BCUT2D eigenvalue weighted by molar-refractivity contribution is 0.0619. The molecule has 3 rings (SSSR count). The molecule has 0 aliphatic carbocycles. The van der Waals surface area contributed by atoms with Gasteiger partial charge in [-0.1, -0.05) is 11.6 Å². The zero-order valence-electron chi connectivity index (χ0n) is 11.2. The molecule has 1 unspecified atom stereocenters. The fraction of sp³-hybridized carbons (Fsp3) is 0.400. The summed E-state index contributed by atoms with van der Waals surface area (Å²) in [7, 11) is 0. The second-order valence-corrected chi connectivity index (χ2v) is 5.00. The van der Waals surface area contributed by atoms with Crippen molar-refractivity contribution in [3.05, 3.63) is 47.5 Å². The van der Waals surface area contributed by atoms with Crippen LogP contribution in [-0.4, -0.2) is 14.7 Å². The summed E-state index contributed by atoms with van der Waals surface area (Å²) in [5, 5.41) is 10.3. The van der Waals surface area contributed by atoms with E-state index in [2.05, 4.69) is 16.5 Å². The normalized spacial score (nSPS) is 21.8. The Kier molecular flexibility index (Phi) is 3.03. The number of aliphatic hydroxyl groups excluding tert-OH is 1. The number of nitrogens with zero attached hydrogens (tertiary/aromatic N) is 2. The van der Waals surface area contributed by atoms with Crippen LogP contribution in [0.5, 0.6) is 5.75 Å². The molecule has 2 heterocycles. The average Bonchev–Trinajstić information content (AvgIpc) is 2.87. The van der Waals surface area contributed by atoms with E-state index in [-0.39, 0.29) is 6.10 Å². The van der Waals surface area contributed by atoms with Gasteiger partial charge in [0.2, 0.25) is 0 Å². The van der Waals surface area contributed by atoms with Gasteiger partial charge in [0.1, 0.15) is 11.9 Å². The van der Waals surface area contributed by atoms with Crippen LogP contribution >= 0.6 is 0 Å². The quantitative estimate of drug-likeness (QED) is 0.901. The van der Waals surface area contributed by atoms with Crippen molar-refractivity contribution in [3.63, 3.8) is 0 Å². The fourth-order valence-electron chi connectivity index (χ4n) is 2.61. The molecule has 0 saturated heterocycles. The molecule has 4 heteroatoms. The molecule has 0 spiro atoms. The number of imidazole rings is 1. The lowest BCUT2D eigenvalue weighted by atomic mass is 9.96. The van der Waals surface area contributed by atoms with E-state index >= 15 is 0 Å². The second kappa shape index (κ2) is 4.70. The van der Waals surface area contributed by atoms with Crippen molar-refractivity contribution in [2.45, 2.75) is 39.0 Å². The highest BCUT2D eigenvalue weighted by molar-refractivity contribution is 5.40. The van der Waals surface area contributed by atoms with Gasteiger partial charge >= 0.3 is 0 Å². The van der Waals surface area contributed by atoms with E-state index in [4.69, 9.17) is 4.74 Å². The smallest absolute Gasteiger partial charge is 0.143 e. The van der Waals surface area contributed by atoms with Crippen LogP contribution in [0.3, 0.4) is 0 Å². The second-order valence-electron chi connectivity index (χ2n) is 5.00. The summed E-state index contributed by atoms with van der Waals surface area (Å²) < 4.78 is 8.08. The van der Waals surface area contributed by atoms with Crippen molar-refractivity contribution in [2.75, 3.05) is 0 Å². The summed E-state index contributed by atoms with van der Waals surface area (Å²) in [6.07, 6.45) is 3.58. The molecule has 1 aromatic carbocycles. The maximum atomic E-state index is 10.3. The topological polar surface area (TPSA) is 47.3 Å². The lowest BCUT2D eigenvalue weighted by Crippen LogP contribution is -2.21. The minimum absolute atomic E-state index is 0.132. The zero-order chi connectivity index (χ0) is 13.4. The van der Waals surface area contributed by atoms with Crippen molar-refractivity contribution in [1.82, 2.24) is 9.55 Å². The molecule has 0 amide bonds. The van der Waals surface area contributed by atoms with E-state index in [0.717, 1.165) is 29.1 Å². The Morgan fingerprint density at radius 2 is 2.32 bits per heavy atom. The predicted molar refractivity (Wildman–Crippen MR) is 72.0 cm³/mol. The number of rotatable bonds is 2. The highest BCUT2D eigenvalue weighted by atomic mass is 16.5. The van der Waals surface area contributed by atoms with Crippen LogP contribution in [0.15, 0.2) is 30.7 Å². The van der Waals surface area contributed by atoms with Gasteiger partial charge in [-0.2, -0.15) is 0 Å². The van der Waals surface area contributed by atoms with Crippen molar-refractivity contribution in [2.24, 2.45) is 0 Å². The first-order valence-electron chi connectivity index (χ1n) is 6.64. The first-order valence-corrected chi connectivity index (χ1v) is 6.64. The van der Waals surface area contributed by atoms with Crippen molar-refractivity contribution in [3.8, 4) is 5.75 Å². The molecule has 2 aromatic rings. The van der Waals surface area contributed by atoms with Crippen LogP contribution in [0.4, 0.5) is 0 Å². The number of fused-ring (bicyclic) bond motifs is 1. The summed E-state index contributed by atoms with van der Waals surface area (Å²) in [6.45, 7) is 4.94. The van der Waals surface area contributed by atoms with Crippen LogP contribution in [0, 0.1) is 6.92 Å². The fourth-order valence-corrected chi connectivity index (χ4v) is 2.61. The molecule has 0 fully saturated rings. The molecule has 1 N–H and O–H groups in total. The number of hydrogen-bond donors (Lipinski definition) is 1. The summed E-state index contributed by atoms with van der Waals surface area (Å²) in [5.41, 5.74) is 3.05. The Labute approximate surface area is 112 Å². The highest BCUT2D eigenvalue weighted by Crippen LogP contribution is 2.40. The Hall–Kier alpha value is -1.81. The van der Waals surface area contributed by atoms with Gasteiger partial charge in [-0.25, -0.2) is 4.98 Å². The van der Waals surface area contributed by atoms with Gasteiger partial charge in [0.15, 0.2) is 0 Å². The third-order valence-electron chi connectivity index (χ3n) is 3.65. The van der Waals surface area contributed by atoms with Crippen LogP contribution in [-0.2, 0) is 6.54 Å². The monoisotopic (exact) mass is 258 g/mol. The lowest BCUT2D eigenvalue weighted by Gasteiger charge is -2.30. The number of aliphatic hydroxyl groups is 1. The average molecular weight is 258 g/mol. The molecule has 1 aromatic heterocycles. The van der Waals surface area contributed by atoms with Crippen LogP contribution in [0.2, 0.25) is 0 Å². The number of ether oxygens (including phenoxy) is 1. The van der Waals surface area contributed by atoms with Gasteiger partial charge in [0.25, 0.3) is 0 Å². The van der Waals surface area contributed by atoms with Crippen LogP contribution in [0.25, 0.3) is 0 Å². The summed E-state index contributed by atoms with van der Waals surface area (Å²) in [4.78, 5) is 4.16.